The van der Waals surface area contributed by atoms with Crippen LogP contribution in [0.15, 0.2) is 24.4 Å². The molecule has 0 unspecified atom stereocenters. The Bertz CT molecular complexity index is 926. The molecule has 0 aromatic carbocycles. The van der Waals surface area contributed by atoms with Gasteiger partial charge in [-0.2, -0.15) is 9.50 Å². The second-order valence-electron chi connectivity index (χ2n) is 7.10. The van der Waals surface area contributed by atoms with Gasteiger partial charge in [-0.15, -0.1) is 5.10 Å². The molecule has 3 aromatic heterocycles. The third-order valence-electron chi connectivity index (χ3n) is 5.39. The van der Waals surface area contributed by atoms with E-state index in [0.29, 0.717) is 0 Å². The fourth-order valence-electron chi connectivity index (χ4n) is 4.13. The van der Waals surface area contributed by atoms with Crippen LogP contribution in [0.1, 0.15) is 29.9 Å². The summed E-state index contributed by atoms with van der Waals surface area (Å²) in [4.78, 5) is 18.6. The largest absolute Gasteiger partial charge is 0.353 e. The van der Waals surface area contributed by atoms with E-state index >= 15 is 0 Å². The molecule has 0 spiro atoms. The summed E-state index contributed by atoms with van der Waals surface area (Å²) in [7, 11) is 0. The molecule has 1 aliphatic heterocycles. The van der Waals surface area contributed by atoms with Crippen LogP contribution in [0, 0.1) is 6.92 Å². The van der Waals surface area contributed by atoms with Gasteiger partial charge in [0.25, 0.3) is 5.78 Å². The lowest BCUT2D eigenvalue weighted by Gasteiger charge is -2.38. The molecule has 1 fully saturated rings. The molecule has 4 heterocycles. The maximum Gasteiger partial charge on any atom is 0.254 e. The lowest BCUT2D eigenvalue weighted by Crippen LogP contribution is -2.48. The number of aromatic nitrogens is 5. The predicted molar refractivity (Wildman–Crippen MR) is 101 cm³/mol. The zero-order valence-electron chi connectivity index (χ0n) is 15.1. The van der Waals surface area contributed by atoms with Crippen LogP contribution in [0.2, 0.25) is 0 Å². The number of rotatable bonds is 2. The Kier molecular flexibility index (Phi) is 3.72. The Morgan fingerprint density at radius 2 is 1.73 bits per heavy atom. The van der Waals surface area contributed by atoms with Crippen molar-refractivity contribution in [2.45, 2.75) is 32.6 Å². The summed E-state index contributed by atoms with van der Waals surface area (Å²) < 4.78 is 1.97. The van der Waals surface area contributed by atoms with E-state index in [0.717, 1.165) is 56.4 Å². The summed E-state index contributed by atoms with van der Waals surface area (Å²) in [5.41, 5.74) is 2.60. The van der Waals surface area contributed by atoms with Gasteiger partial charge in [0, 0.05) is 37.9 Å². The highest BCUT2D eigenvalue weighted by Gasteiger charge is 2.27. The highest BCUT2D eigenvalue weighted by atomic mass is 15.4. The van der Waals surface area contributed by atoms with Gasteiger partial charge < -0.3 is 9.80 Å². The molecule has 2 aliphatic rings. The van der Waals surface area contributed by atoms with Crippen LogP contribution < -0.4 is 9.80 Å². The predicted octanol–water partition coefficient (Wildman–Crippen LogP) is 2.03. The number of aryl methyl sites for hydroxylation is 2. The summed E-state index contributed by atoms with van der Waals surface area (Å²) in [5, 5.41) is 4.65. The van der Waals surface area contributed by atoms with Crippen LogP contribution in [0.3, 0.4) is 0 Å². The monoisotopic (exact) mass is 349 g/mol. The number of anilines is 2. The number of pyridine rings is 1. The smallest absolute Gasteiger partial charge is 0.254 e. The van der Waals surface area contributed by atoms with Gasteiger partial charge in [0.1, 0.15) is 17.5 Å². The van der Waals surface area contributed by atoms with Crippen LogP contribution in [0.4, 0.5) is 11.6 Å². The van der Waals surface area contributed by atoms with Crippen molar-refractivity contribution in [2.24, 2.45) is 0 Å². The molecule has 0 atom stereocenters. The van der Waals surface area contributed by atoms with E-state index in [-0.39, 0.29) is 0 Å². The van der Waals surface area contributed by atoms with Crippen molar-refractivity contribution in [3.63, 3.8) is 0 Å². The van der Waals surface area contributed by atoms with Gasteiger partial charge in [-0.05, 0) is 44.7 Å². The molecular formula is C19H23N7. The second kappa shape index (κ2) is 6.23. The Balaban J connectivity index is 1.49. The van der Waals surface area contributed by atoms with Crippen molar-refractivity contribution < 1.29 is 0 Å². The van der Waals surface area contributed by atoms with Crippen molar-refractivity contribution in [3.8, 4) is 0 Å². The van der Waals surface area contributed by atoms with E-state index in [4.69, 9.17) is 4.98 Å². The minimum Gasteiger partial charge on any atom is -0.353 e. The minimum atomic E-state index is 0.741. The van der Waals surface area contributed by atoms with Gasteiger partial charge in [-0.25, -0.2) is 9.97 Å². The van der Waals surface area contributed by atoms with Gasteiger partial charge in [-0.3, -0.25) is 0 Å². The van der Waals surface area contributed by atoms with E-state index < -0.39 is 0 Å². The first-order valence-corrected chi connectivity index (χ1v) is 9.45. The maximum absolute atomic E-state index is 4.80. The highest BCUT2D eigenvalue weighted by molar-refractivity contribution is 5.57. The Morgan fingerprint density at radius 1 is 0.923 bits per heavy atom. The number of nitrogens with zero attached hydrogens (tertiary/aromatic N) is 7. The lowest BCUT2D eigenvalue weighted by atomic mass is 9.96. The molecule has 1 saturated heterocycles. The SMILES string of the molecule is Cc1nc2nc3c(c(N4CCN(c5ccccn5)CC4)n2n1)CCCC3. The Labute approximate surface area is 152 Å². The van der Waals surface area contributed by atoms with Crippen molar-refractivity contribution in [3.05, 3.63) is 41.5 Å². The summed E-state index contributed by atoms with van der Waals surface area (Å²) in [5.74, 6) is 3.80. The lowest BCUT2D eigenvalue weighted by molar-refractivity contribution is 0.611. The molecule has 3 aromatic rings. The Morgan fingerprint density at radius 3 is 2.54 bits per heavy atom. The fourth-order valence-corrected chi connectivity index (χ4v) is 4.13. The van der Waals surface area contributed by atoms with Gasteiger partial charge in [0.05, 0.1) is 5.69 Å². The van der Waals surface area contributed by atoms with Crippen LogP contribution >= 0.6 is 0 Å². The molecule has 0 amide bonds. The molecule has 1 aliphatic carbocycles. The third-order valence-corrected chi connectivity index (χ3v) is 5.39. The zero-order chi connectivity index (χ0) is 17.5. The molecule has 0 saturated carbocycles. The van der Waals surface area contributed by atoms with Crippen LogP contribution in [-0.4, -0.2) is 50.7 Å². The number of hydrogen-bond acceptors (Lipinski definition) is 6. The van der Waals surface area contributed by atoms with Gasteiger partial charge in [-0.1, -0.05) is 6.07 Å². The van der Waals surface area contributed by atoms with Gasteiger partial charge in [0.2, 0.25) is 0 Å². The average Bonchev–Trinajstić information content (AvgIpc) is 3.06. The van der Waals surface area contributed by atoms with Crippen LogP contribution in [0.5, 0.6) is 0 Å². The molecule has 0 radical (unpaired) electrons. The topological polar surface area (TPSA) is 62.5 Å². The molecule has 5 rings (SSSR count). The average molecular weight is 349 g/mol. The van der Waals surface area contributed by atoms with Gasteiger partial charge >= 0.3 is 0 Å². The number of fused-ring (bicyclic) bond motifs is 2. The second-order valence-corrected chi connectivity index (χ2v) is 7.10. The summed E-state index contributed by atoms with van der Waals surface area (Å²) in [6.07, 6.45) is 6.46. The van der Waals surface area contributed by atoms with E-state index in [2.05, 4.69) is 37.0 Å². The molecule has 0 bridgehead atoms. The standard InChI is InChI=1S/C19H23N7/c1-14-21-19-22-16-7-3-2-6-15(16)18(26(19)23-14)25-12-10-24(11-13-25)17-8-4-5-9-20-17/h4-5,8-9H,2-3,6-7,10-13H2,1H3. The number of hydrogen-bond donors (Lipinski definition) is 0. The minimum absolute atomic E-state index is 0.741. The van der Waals surface area contributed by atoms with E-state index in [1.165, 1.54) is 29.9 Å². The quantitative estimate of drug-likeness (QED) is 0.705. The first-order chi connectivity index (χ1) is 12.8. The normalized spacial score (nSPS) is 17.6. The maximum atomic E-state index is 4.80. The zero-order valence-corrected chi connectivity index (χ0v) is 15.1. The first-order valence-electron chi connectivity index (χ1n) is 9.45. The molecular weight excluding hydrogens is 326 g/mol. The van der Waals surface area contributed by atoms with Crippen LogP contribution in [-0.2, 0) is 12.8 Å². The fraction of sp³-hybridized carbons (Fsp3) is 0.474. The Hall–Kier alpha value is -2.70. The molecule has 0 N–H and O–H groups in total. The summed E-state index contributed by atoms with van der Waals surface area (Å²) >= 11 is 0. The van der Waals surface area contributed by atoms with Crippen LogP contribution in [0.25, 0.3) is 5.78 Å². The summed E-state index contributed by atoms with van der Waals surface area (Å²) in [6, 6.07) is 6.10. The van der Waals surface area contributed by atoms with Gasteiger partial charge in [0.15, 0.2) is 0 Å². The van der Waals surface area contributed by atoms with E-state index in [1.807, 2.05) is 23.7 Å². The third kappa shape index (κ3) is 2.58. The molecule has 7 nitrogen and oxygen atoms in total. The highest BCUT2D eigenvalue weighted by Crippen LogP contribution is 2.31. The van der Waals surface area contributed by atoms with Crippen molar-refractivity contribution in [2.75, 3.05) is 36.0 Å². The van der Waals surface area contributed by atoms with E-state index in [9.17, 15) is 0 Å². The van der Waals surface area contributed by atoms with Crippen molar-refractivity contribution in [1.29, 1.82) is 0 Å². The molecule has 26 heavy (non-hydrogen) atoms. The first kappa shape index (κ1) is 15.5. The molecule has 134 valence electrons. The number of piperazine rings is 1. The van der Waals surface area contributed by atoms with Crippen molar-refractivity contribution in [1.82, 2.24) is 24.6 Å². The summed E-state index contributed by atoms with van der Waals surface area (Å²) in [6.45, 7) is 5.78. The molecule has 7 heteroatoms. The van der Waals surface area contributed by atoms with E-state index in [1.54, 1.807) is 0 Å². The van der Waals surface area contributed by atoms with Crippen molar-refractivity contribution >= 4 is 17.4 Å².